The van der Waals surface area contributed by atoms with Crippen LogP contribution in [-0.4, -0.2) is 17.8 Å². The van der Waals surface area contributed by atoms with Crippen molar-refractivity contribution in [1.29, 1.82) is 0 Å². The number of rotatable bonds is 5. The molecule has 3 rings (SSSR count). The molecule has 0 radical (unpaired) electrons. The molecule has 0 saturated heterocycles. The molecule has 0 amide bonds. The summed E-state index contributed by atoms with van der Waals surface area (Å²) in [5.41, 5.74) is 7.78. The summed E-state index contributed by atoms with van der Waals surface area (Å²) in [6.07, 6.45) is 3.41. The van der Waals surface area contributed by atoms with Gasteiger partial charge in [-0.3, -0.25) is 0 Å². The second-order valence-corrected chi connectivity index (χ2v) is 5.36. The van der Waals surface area contributed by atoms with Crippen LogP contribution in [0.3, 0.4) is 0 Å². The fourth-order valence-corrected chi connectivity index (χ4v) is 2.61. The van der Waals surface area contributed by atoms with Gasteiger partial charge in [-0.1, -0.05) is 30.3 Å². The Morgan fingerprint density at radius 2 is 1.73 bits per heavy atom. The van der Waals surface area contributed by atoms with Crippen molar-refractivity contribution in [2.45, 2.75) is 12.6 Å². The summed E-state index contributed by atoms with van der Waals surface area (Å²) in [5.74, 6) is 0. The number of hydrogen-bond donors (Lipinski definition) is 3. The predicted octanol–water partition coefficient (Wildman–Crippen LogP) is 2.18. The number of pyridine rings is 1. The van der Waals surface area contributed by atoms with Crippen LogP contribution in [-0.2, 0) is 6.54 Å². The molecule has 112 valence electrons. The largest absolute Gasteiger partial charge is 0.398 e. The lowest BCUT2D eigenvalue weighted by Crippen LogP contribution is -2.41. The van der Waals surface area contributed by atoms with Gasteiger partial charge >= 0.3 is 0 Å². The van der Waals surface area contributed by atoms with E-state index in [0.29, 0.717) is 13.1 Å². The van der Waals surface area contributed by atoms with Crippen molar-refractivity contribution in [3.63, 3.8) is 0 Å². The summed E-state index contributed by atoms with van der Waals surface area (Å²) in [6, 6.07) is 17.7. The molecule has 4 heteroatoms. The summed E-state index contributed by atoms with van der Waals surface area (Å²) < 4.78 is 1.96. The lowest BCUT2D eigenvalue weighted by Gasteiger charge is -2.13. The Morgan fingerprint density at radius 3 is 2.50 bits per heavy atom. The number of benzene rings is 2. The maximum Gasteiger partial charge on any atom is 0.175 e. The maximum atomic E-state index is 10.2. The third kappa shape index (κ3) is 3.18. The number of nitrogen functional groups attached to an aromatic ring is 1. The lowest BCUT2D eigenvalue weighted by atomic mass is 10.1. The Kier molecular flexibility index (Phi) is 4.21. The van der Waals surface area contributed by atoms with Crippen molar-refractivity contribution in [2.75, 3.05) is 17.6 Å². The van der Waals surface area contributed by atoms with Crippen molar-refractivity contribution >= 4 is 22.1 Å². The van der Waals surface area contributed by atoms with Crippen molar-refractivity contribution < 1.29 is 9.67 Å². The third-order valence-corrected chi connectivity index (χ3v) is 3.66. The molecule has 0 fully saturated rings. The van der Waals surface area contributed by atoms with E-state index in [2.05, 4.69) is 5.32 Å². The molecule has 22 heavy (non-hydrogen) atoms. The zero-order chi connectivity index (χ0) is 15.4. The normalized spacial score (nSPS) is 12.2. The number of aliphatic hydroxyl groups is 1. The number of hydrogen-bond acceptors (Lipinski definition) is 3. The highest BCUT2D eigenvalue weighted by molar-refractivity contribution is 6.02. The lowest BCUT2D eigenvalue weighted by molar-refractivity contribution is -0.703. The van der Waals surface area contributed by atoms with Crippen molar-refractivity contribution in [3.05, 3.63) is 67.0 Å². The minimum absolute atomic E-state index is 0.468. The number of fused-ring (bicyclic) bond motifs is 1. The van der Waals surface area contributed by atoms with Crippen molar-refractivity contribution in [1.82, 2.24) is 0 Å². The van der Waals surface area contributed by atoms with Gasteiger partial charge in [0.1, 0.15) is 6.10 Å². The average Bonchev–Trinajstić information content (AvgIpc) is 2.54. The molecule has 3 aromatic rings. The molecule has 1 heterocycles. The molecule has 0 spiro atoms. The highest BCUT2D eigenvalue weighted by Crippen LogP contribution is 2.28. The van der Waals surface area contributed by atoms with Crippen LogP contribution in [0.15, 0.2) is 67.0 Å². The second-order valence-electron chi connectivity index (χ2n) is 5.36. The number of aliphatic hydroxyl groups excluding tert-OH is 1. The van der Waals surface area contributed by atoms with Gasteiger partial charge < -0.3 is 16.2 Å². The van der Waals surface area contributed by atoms with E-state index in [1.807, 2.05) is 71.6 Å². The minimum Gasteiger partial charge on any atom is -0.398 e. The van der Waals surface area contributed by atoms with E-state index in [1.54, 1.807) is 0 Å². The molecule has 0 aliphatic heterocycles. The smallest absolute Gasteiger partial charge is 0.175 e. The van der Waals surface area contributed by atoms with Crippen LogP contribution >= 0.6 is 0 Å². The van der Waals surface area contributed by atoms with E-state index < -0.39 is 6.10 Å². The van der Waals surface area contributed by atoms with Crippen LogP contribution < -0.4 is 15.6 Å². The fraction of sp³-hybridized carbons (Fsp3) is 0.167. The van der Waals surface area contributed by atoms with Gasteiger partial charge in [-0.05, 0) is 17.5 Å². The van der Waals surface area contributed by atoms with E-state index in [-0.39, 0.29) is 0 Å². The molecule has 0 aliphatic carbocycles. The quantitative estimate of drug-likeness (QED) is 0.499. The molecule has 0 bridgehead atoms. The van der Waals surface area contributed by atoms with Crippen LogP contribution in [0.2, 0.25) is 0 Å². The Morgan fingerprint density at radius 1 is 1.00 bits per heavy atom. The number of nitrogens with one attached hydrogen (secondary N) is 1. The minimum atomic E-state index is -0.479. The zero-order valence-electron chi connectivity index (χ0n) is 12.3. The highest BCUT2D eigenvalue weighted by atomic mass is 16.3. The van der Waals surface area contributed by atoms with Gasteiger partial charge in [0, 0.05) is 35.4 Å². The fourth-order valence-electron chi connectivity index (χ4n) is 2.61. The molecule has 0 saturated carbocycles. The first kappa shape index (κ1) is 14.4. The van der Waals surface area contributed by atoms with Crippen LogP contribution in [0.1, 0.15) is 0 Å². The van der Waals surface area contributed by atoms with Crippen LogP contribution in [0.4, 0.5) is 11.4 Å². The van der Waals surface area contributed by atoms with Gasteiger partial charge in [0.25, 0.3) is 0 Å². The van der Waals surface area contributed by atoms with Crippen molar-refractivity contribution in [2.24, 2.45) is 0 Å². The van der Waals surface area contributed by atoms with E-state index in [9.17, 15) is 5.11 Å². The molecule has 1 aromatic heterocycles. The summed E-state index contributed by atoms with van der Waals surface area (Å²) in [6.45, 7) is 1.02. The molecule has 4 nitrogen and oxygen atoms in total. The molecule has 4 N–H and O–H groups in total. The number of anilines is 2. The van der Waals surface area contributed by atoms with Gasteiger partial charge in [0.15, 0.2) is 18.9 Å². The van der Waals surface area contributed by atoms with Gasteiger partial charge in [0.05, 0.1) is 0 Å². The summed E-state index contributed by atoms with van der Waals surface area (Å²) in [7, 11) is 0. The molecule has 1 atom stereocenters. The Balaban J connectivity index is 1.71. The van der Waals surface area contributed by atoms with Gasteiger partial charge in [0.2, 0.25) is 0 Å². The first-order valence-electron chi connectivity index (χ1n) is 7.37. The number of nitrogens with two attached hydrogens (primary N) is 1. The summed E-state index contributed by atoms with van der Waals surface area (Å²) in [5, 5.41) is 15.6. The van der Waals surface area contributed by atoms with Gasteiger partial charge in [-0.25, -0.2) is 4.57 Å². The van der Waals surface area contributed by atoms with Gasteiger partial charge in [-0.2, -0.15) is 0 Å². The average molecular weight is 294 g/mol. The van der Waals surface area contributed by atoms with Crippen LogP contribution in [0.25, 0.3) is 10.8 Å². The molecule has 1 unspecified atom stereocenters. The van der Waals surface area contributed by atoms with Crippen LogP contribution in [0, 0.1) is 0 Å². The highest BCUT2D eigenvalue weighted by Gasteiger charge is 2.11. The maximum absolute atomic E-state index is 10.2. The van der Waals surface area contributed by atoms with Gasteiger partial charge in [-0.15, -0.1) is 0 Å². The monoisotopic (exact) mass is 294 g/mol. The number of aromatic nitrogens is 1. The topological polar surface area (TPSA) is 62.2 Å². The zero-order valence-corrected chi connectivity index (χ0v) is 12.3. The second kappa shape index (κ2) is 6.45. The first-order chi connectivity index (χ1) is 10.7. The predicted molar refractivity (Wildman–Crippen MR) is 89.5 cm³/mol. The Hall–Kier alpha value is -2.59. The number of nitrogens with zero attached hydrogens (tertiary/aromatic N) is 1. The SMILES string of the molecule is Nc1cccc2cccc(NCC(O)C[n+]3ccccc3)c12. The summed E-state index contributed by atoms with van der Waals surface area (Å²) in [4.78, 5) is 0. The van der Waals surface area contributed by atoms with E-state index in [4.69, 9.17) is 5.73 Å². The van der Waals surface area contributed by atoms with E-state index in [1.165, 1.54) is 0 Å². The molecule has 0 aliphatic rings. The standard InChI is InChI=1S/C18H20N3O/c19-16-8-4-6-14-7-5-9-17(18(14)16)20-12-15(22)13-21-10-2-1-3-11-21/h1-11,15,20,22H,12-13,19H2/q+1. The van der Waals surface area contributed by atoms with Crippen LogP contribution in [0.5, 0.6) is 0 Å². The summed E-state index contributed by atoms with van der Waals surface area (Å²) >= 11 is 0. The molecular formula is C18H20N3O+. The molecule has 2 aromatic carbocycles. The van der Waals surface area contributed by atoms with Crippen molar-refractivity contribution in [3.8, 4) is 0 Å². The van der Waals surface area contributed by atoms with E-state index in [0.717, 1.165) is 22.1 Å². The third-order valence-electron chi connectivity index (χ3n) is 3.66. The first-order valence-corrected chi connectivity index (χ1v) is 7.37. The Bertz CT molecular complexity index is 753. The van der Waals surface area contributed by atoms with E-state index >= 15 is 0 Å². The molecular weight excluding hydrogens is 274 g/mol. The Labute approximate surface area is 129 Å².